The summed E-state index contributed by atoms with van der Waals surface area (Å²) in [7, 11) is 0. The average Bonchev–Trinajstić information content (AvgIpc) is 3.53. The minimum atomic E-state index is -0.324. The Balaban J connectivity index is 1.67. The van der Waals surface area contributed by atoms with E-state index in [4.69, 9.17) is 16.0 Å². The van der Waals surface area contributed by atoms with Gasteiger partial charge in [-0.1, -0.05) is 12.1 Å². The van der Waals surface area contributed by atoms with Crippen LogP contribution in [-0.4, -0.2) is 35.0 Å². The number of guanidine groups is 1. The molecule has 0 aliphatic heterocycles. The predicted octanol–water partition coefficient (Wildman–Crippen LogP) is 1.03. The number of H-pyrrole nitrogens is 1. The van der Waals surface area contributed by atoms with Crippen LogP contribution in [0.3, 0.4) is 0 Å². The van der Waals surface area contributed by atoms with Gasteiger partial charge in [-0.2, -0.15) is 0 Å². The fraction of sp³-hybridized carbons (Fsp3) is 0.429. The SMILES string of the molecule is Cc1[nH]c(=O)c(CC(c2cccc(F)c2)C2CC2)nc1CC(=O)NCCONC(=N)N. The summed E-state index contributed by atoms with van der Waals surface area (Å²) < 4.78 is 13.7. The molecule has 31 heavy (non-hydrogen) atoms. The Kier molecular flexibility index (Phi) is 7.35. The summed E-state index contributed by atoms with van der Waals surface area (Å²) in [5, 5.41) is 9.64. The average molecular weight is 430 g/mol. The van der Waals surface area contributed by atoms with Crippen LogP contribution >= 0.6 is 0 Å². The largest absolute Gasteiger partial charge is 0.368 e. The summed E-state index contributed by atoms with van der Waals surface area (Å²) in [5.74, 6) is -0.480. The summed E-state index contributed by atoms with van der Waals surface area (Å²) in [6, 6.07) is 6.48. The van der Waals surface area contributed by atoms with Crippen molar-refractivity contribution in [3.8, 4) is 0 Å². The van der Waals surface area contributed by atoms with Crippen molar-refractivity contribution in [2.45, 2.75) is 38.5 Å². The number of hydrogen-bond donors (Lipinski definition) is 5. The van der Waals surface area contributed by atoms with E-state index >= 15 is 0 Å². The number of aromatic nitrogens is 2. The molecule has 2 aromatic rings. The highest BCUT2D eigenvalue weighted by Crippen LogP contribution is 2.44. The smallest absolute Gasteiger partial charge is 0.269 e. The highest BCUT2D eigenvalue weighted by atomic mass is 19.1. The van der Waals surface area contributed by atoms with Crippen LogP contribution in [0.15, 0.2) is 29.1 Å². The highest BCUT2D eigenvalue weighted by molar-refractivity contribution is 5.78. The summed E-state index contributed by atoms with van der Waals surface area (Å²) in [5.41, 5.74) is 9.21. The molecule has 1 aliphatic rings. The van der Waals surface area contributed by atoms with Crippen molar-refractivity contribution >= 4 is 11.9 Å². The van der Waals surface area contributed by atoms with E-state index in [1.54, 1.807) is 13.0 Å². The fourth-order valence-corrected chi connectivity index (χ4v) is 3.51. The molecule has 1 aliphatic carbocycles. The number of benzene rings is 1. The van der Waals surface area contributed by atoms with Gasteiger partial charge in [-0.15, -0.1) is 0 Å². The number of halogens is 1. The fourth-order valence-electron chi connectivity index (χ4n) is 3.51. The Labute approximate surface area is 179 Å². The molecule has 0 spiro atoms. The van der Waals surface area contributed by atoms with Gasteiger partial charge in [0.15, 0.2) is 0 Å². The first kappa shape index (κ1) is 22.4. The van der Waals surface area contributed by atoms with Crippen LogP contribution < -0.4 is 22.1 Å². The Hall–Kier alpha value is -3.27. The highest BCUT2D eigenvalue weighted by Gasteiger charge is 2.33. The molecule has 10 heteroatoms. The molecule has 1 heterocycles. The number of hydroxylamine groups is 1. The van der Waals surface area contributed by atoms with E-state index in [-0.39, 0.29) is 48.7 Å². The number of carbonyl (C=O) groups is 1. The standard InChI is InChI=1S/C21H27FN6O3/c1-12-17(11-19(29)25-7-8-31-28-21(23)24)27-18(20(30)26-12)10-16(13-5-6-13)14-3-2-4-15(22)9-14/h2-4,9,13,16H,5-8,10-11H2,1H3,(H,25,29)(H,26,30)(H4,23,24,28). The lowest BCUT2D eigenvalue weighted by atomic mass is 9.89. The second-order valence-electron chi connectivity index (χ2n) is 7.68. The zero-order chi connectivity index (χ0) is 22.4. The Morgan fingerprint density at radius 2 is 2.19 bits per heavy atom. The van der Waals surface area contributed by atoms with Gasteiger partial charge >= 0.3 is 0 Å². The molecule has 1 saturated carbocycles. The van der Waals surface area contributed by atoms with Gasteiger partial charge in [0.25, 0.3) is 5.56 Å². The molecule has 6 N–H and O–H groups in total. The van der Waals surface area contributed by atoms with Gasteiger partial charge in [0.1, 0.15) is 11.5 Å². The monoisotopic (exact) mass is 430 g/mol. The number of aryl methyl sites for hydroxylation is 1. The molecule has 0 bridgehead atoms. The number of hydrogen-bond acceptors (Lipinski definition) is 5. The molecular formula is C21H27FN6O3. The lowest BCUT2D eigenvalue weighted by Crippen LogP contribution is -2.35. The molecule has 1 aromatic heterocycles. The van der Waals surface area contributed by atoms with Crippen molar-refractivity contribution in [3.63, 3.8) is 0 Å². The molecule has 3 rings (SSSR count). The molecule has 0 saturated heterocycles. The summed E-state index contributed by atoms with van der Waals surface area (Å²) in [6.45, 7) is 2.05. The lowest BCUT2D eigenvalue weighted by Gasteiger charge is -2.17. The molecule has 1 unspecified atom stereocenters. The second-order valence-corrected chi connectivity index (χ2v) is 7.68. The number of nitrogens with one attached hydrogen (secondary N) is 4. The molecule has 166 valence electrons. The molecule has 1 amide bonds. The van der Waals surface area contributed by atoms with E-state index < -0.39 is 0 Å². The zero-order valence-electron chi connectivity index (χ0n) is 17.3. The quantitative estimate of drug-likeness (QED) is 0.165. The van der Waals surface area contributed by atoms with E-state index in [9.17, 15) is 14.0 Å². The van der Waals surface area contributed by atoms with Crippen LogP contribution in [0.25, 0.3) is 0 Å². The molecule has 0 radical (unpaired) electrons. The third-order valence-electron chi connectivity index (χ3n) is 5.18. The first-order chi connectivity index (χ1) is 14.8. The van der Waals surface area contributed by atoms with Crippen molar-refractivity contribution in [1.29, 1.82) is 5.41 Å². The van der Waals surface area contributed by atoms with Gasteiger partial charge in [0, 0.05) is 18.7 Å². The van der Waals surface area contributed by atoms with E-state index in [2.05, 4.69) is 20.8 Å². The molecule has 1 atom stereocenters. The van der Waals surface area contributed by atoms with Crippen molar-refractivity contribution in [3.05, 3.63) is 63.1 Å². The van der Waals surface area contributed by atoms with E-state index in [1.165, 1.54) is 12.1 Å². The number of nitrogens with two attached hydrogens (primary N) is 1. The maximum absolute atomic E-state index is 13.7. The van der Waals surface area contributed by atoms with E-state index in [1.807, 2.05) is 6.07 Å². The van der Waals surface area contributed by atoms with Crippen LogP contribution in [0.5, 0.6) is 0 Å². The van der Waals surface area contributed by atoms with Gasteiger partial charge in [-0.3, -0.25) is 19.8 Å². The first-order valence-corrected chi connectivity index (χ1v) is 10.2. The summed E-state index contributed by atoms with van der Waals surface area (Å²) in [6.07, 6.45) is 2.48. The van der Waals surface area contributed by atoms with Crippen molar-refractivity contribution in [2.24, 2.45) is 11.7 Å². The Bertz CT molecular complexity index is 1000. The number of amides is 1. The maximum atomic E-state index is 13.7. The molecule has 1 fully saturated rings. The third-order valence-corrected chi connectivity index (χ3v) is 5.18. The van der Waals surface area contributed by atoms with Gasteiger partial charge in [-0.25, -0.2) is 14.9 Å². The van der Waals surface area contributed by atoms with Crippen LogP contribution in [0, 0.1) is 24.1 Å². The number of carbonyl (C=O) groups excluding carboxylic acids is 1. The Morgan fingerprint density at radius 3 is 2.87 bits per heavy atom. The van der Waals surface area contributed by atoms with Crippen LogP contribution in [0.1, 0.15) is 41.4 Å². The molecule has 1 aromatic carbocycles. The van der Waals surface area contributed by atoms with E-state index in [0.29, 0.717) is 29.4 Å². The van der Waals surface area contributed by atoms with Crippen LogP contribution in [0.4, 0.5) is 4.39 Å². The first-order valence-electron chi connectivity index (χ1n) is 10.2. The van der Waals surface area contributed by atoms with Crippen molar-refractivity contribution in [2.75, 3.05) is 13.2 Å². The lowest BCUT2D eigenvalue weighted by molar-refractivity contribution is -0.120. The normalized spacial score (nSPS) is 14.1. The van der Waals surface area contributed by atoms with E-state index in [0.717, 1.165) is 18.4 Å². The van der Waals surface area contributed by atoms with Gasteiger partial charge in [-0.05, 0) is 49.3 Å². The molecular weight excluding hydrogens is 403 g/mol. The van der Waals surface area contributed by atoms with Gasteiger partial charge < -0.3 is 16.0 Å². The predicted molar refractivity (Wildman–Crippen MR) is 113 cm³/mol. The maximum Gasteiger partial charge on any atom is 0.269 e. The van der Waals surface area contributed by atoms with Crippen LogP contribution in [-0.2, 0) is 22.5 Å². The molecule has 9 nitrogen and oxygen atoms in total. The Morgan fingerprint density at radius 1 is 1.42 bits per heavy atom. The number of rotatable bonds is 10. The topological polar surface area (TPSA) is 146 Å². The summed E-state index contributed by atoms with van der Waals surface area (Å²) >= 11 is 0. The van der Waals surface area contributed by atoms with Crippen molar-refractivity contribution in [1.82, 2.24) is 20.8 Å². The van der Waals surface area contributed by atoms with Gasteiger partial charge in [0.2, 0.25) is 11.9 Å². The summed E-state index contributed by atoms with van der Waals surface area (Å²) in [4.78, 5) is 36.9. The van der Waals surface area contributed by atoms with Crippen LogP contribution in [0.2, 0.25) is 0 Å². The number of nitrogens with zero attached hydrogens (tertiary/aromatic N) is 1. The third kappa shape index (κ3) is 6.61. The minimum Gasteiger partial charge on any atom is -0.368 e. The second kappa shape index (κ2) is 10.2. The minimum absolute atomic E-state index is 0.00378. The van der Waals surface area contributed by atoms with Gasteiger partial charge in [0.05, 0.1) is 18.7 Å². The van der Waals surface area contributed by atoms with Crippen molar-refractivity contribution < 1.29 is 14.0 Å². The zero-order valence-corrected chi connectivity index (χ0v) is 17.3. The number of aromatic amines is 1.